The lowest BCUT2D eigenvalue weighted by Crippen LogP contribution is -2.40. The van der Waals surface area contributed by atoms with Crippen molar-refractivity contribution >= 4 is 0 Å². The minimum Gasteiger partial charge on any atom is -0.325 e. The average molecular weight is 326 g/mol. The van der Waals surface area contributed by atoms with Gasteiger partial charge in [0.25, 0.3) is 0 Å². The fourth-order valence-electron chi connectivity index (χ4n) is 3.69. The van der Waals surface area contributed by atoms with E-state index in [1.165, 1.54) is 103 Å². The zero-order valence-electron chi connectivity index (χ0n) is 17.0. The molecule has 0 rings (SSSR count). The third kappa shape index (κ3) is 15.2. The van der Waals surface area contributed by atoms with Gasteiger partial charge in [0, 0.05) is 5.54 Å². The first-order chi connectivity index (χ1) is 11.0. The van der Waals surface area contributed by atoms with Crippen LogP contribution >= 0.6 is 0 Å². The molecule has 0 saturated heterocycles. The molecule has 1 unspecified atom stereocenters. The lowest BCUT2D eigenvalue weighted by molar-refractivity contribution is 0.283. The van der Waals surface area contributed by atoms with Gasteiger partial charge in [-0.05, 0) is 26.2 Å². The van der Waals surface area contributed by atoms with Gasteiger partial charge in [0.2, 0.25) is 0 Å². The fourth-order valence-corrected chi connectivity index (χ4v) is 3.69. The summed E-state index contributed by atoms with van der Waals surface area (Å²) in [7, 11) is 0. The van der Waals surface area contributed by atoms with Gasteiger partial charge in [0.1, 0.15) is 0 Å². The number of hydrogen-bond donors (Lipinski definition) is 1. The molecule has 1 atom stereocenters. The second-order valence-corrected chi connectivity index (χ2v) is 8.31. The molecule has 1 nitrogen and oxygen atoms in total. The predicted molar refractivity (Wildman–Crippen MR) is 107 cm³/mol. The van der Waals surface area contributed by atoms with Crippen molar-refractivity contribution in [3.05, 3.63) is 0 Å². The maximum Gasteiger partial charge on any atom is 0.0125 e. The normalized spacial score (nSPS) is 13.4. The molecule has 0 heterocycles. The largest absolute Gasteiger partial charge is 0.325 e. The maximum absolute atomic E-state index is 6.24. The van der Waals surface area contributed by atoms with E-state index in [2.05, 4.69) is 27.7 Å². The van der Waals surface area contributed by atoms with E-state index in [4.69, 9.17) is 5.73 Å². The van der Waals surface area contributed by atoms with Crippen LogP contribution in [-0.2, 0) is 0 Å². The van der Waals surface area contributed by atoms with Crippen LogP contribution in [0, 0.1) is 5.92 Å². The highest BCUT2D eigenvalue weighted by Gasteiger charge is 2.22. The maximum atomic E-state index is 6.24. The Balaban J connectivity index is 3.22. The van der Waals surface area contributed by atoms with Crippen LogP contribution in [0.1, 0.15) is 130 Å². The first-order valence-corrected chi connectivity index (χ1v) is 10.8. The Morgan fingerprint density at radius 3 is 1.26 bits per heavy atom. The molecule has 0 saturated carbocycles. The number of hydrogen-bond acceptors (Lipinski definition) is 1. The molecule has 0 aliphatic rings. The smallest absolute Gasteiger partial charge is 0.0125 e. The lowest BCUT2D eigenvalue weighted by atomic mass is 9.82. The molecule has 0 aromatic carbocycles. The summed E-state index contributed by atoms with van der Waals surface area (Å²) in [6.45, 7) is 8.94. The molecule has 1 heteroatoms. The van der Waals surface area contributed by atoms with Crippen molar-refractivity contribution in [3.8, 4) is 0 Å². The van der Waals surface area contributed by atoms with Crippen molar-refractivity contribution in [1.82, 2.24) is 0 Å². The molecule has 0 fully saturated rings. The number of nitrogens with two attached hydrogens (primary N) is 1. The summed E-state index contributed by atoms with van der Waals surface area (Å²) in [5, 5.41) is 0. The third-order valence-corrected chi connectivity index (χ3v) is 5.45. The molecule has 0 aliphatic carbocycles. The van der Waals surface area contributed by atoms with Crippen LogP contribution < -0.4 is 5.73 Å². The summed E-state index contributed by atoms with van der Waals surface area (Å²) < 4.78 is 0. The topological polar surface area (TPSA) is 26.0 Å². The minimum atomic E-state index is 0.00525. The highest BCUT2D eigenvalue weighted by atomic mass is 14.7. The molecule has 23 heavy (non-hydrogen) atoms. The van der Waals surface area contributed by atoms with Crippen LogP contribution in [0.4, 0.5) is 0 Å². The molecule has 2 N–H and O–H groups in total. The van der Waals surface area contributed by atoms with Gasteiger partial charge in [0.15, 0.2) is 0 Å². The molecule has 0 radical (unpaired) electrons. The summed E-state index contributed by atoms with van der Waals surface area (Å²) >= 11 is 0. The predicted octanol–water partition coefficient (Wildman–Crippen LogP) is 7.62. The Morgan fingerprint density at radius 1 is 0.609 bits per heavy atom. The Labute approximate surface area is 148 Å². The first kappa shape index (κ1) is 23.0. The Hall–Kier alpha value is -0.0400. The standard InChI is InChI=1S/C22H47N/c1-5-7-8-9-10-11-12-13-14-15-16-17-18-19-20-21(6-2)22(3,4)23/h21H,5-20,23H2,1-4H3. The van der Waals surface area contributed by atoms with Crippen LogP contribution in [0.25, 0.3) is 0 Å². The van der Waals surface area contributed by atoms with Crippen molar-refractivity contribution in [3.63, 3.8) is 0 Å². The van der Waals surface area contributed by atoms with Crippen molar-refractivity contribution in [2.45, 2.75) is 136 Å². The summed E-state index contributed by atoms with van der Waals surface area (Å²) in [5.41, 5.74) is 6.25. The Bertz CT molecular complexity index is 229. The molecule has 0 aliphatic heterocycles. The summed E-state index contributed by atoms with van der Waals surface area (Å²) in [4.78, 5) is 0. The fraction of sp³-hybridized carbons (Fsp3) is 1.00. The van der Waals surface area contributed by atoms with Crippen LogP contribution in [-0.4, -0.2) is 5.54 Å². The molecule has 0 aromatic heterocycles. The minimum absolute atomic E-state index is 0.00525. The number of rotatable bonds is 17. The van der Waals surface area contributed by atoms with Gasteiger partial charge < -0.3 is 5.73 Å². The zero-order valence-corrected chi connectivity index (χ0v) is 17.0. The Kier molecular flexibility index (Phi) is 15.5. The highest BCUT2D eigenvalue weighted by molar-refractivity contribution is 4.80. The second kappa shape index (κ2) is 15.5. The number of unbranched alkanes of at least 4 members (excludes halogenated alkanes) is 13. The van der Waals surface area contributed by atoms with Gasteiger partial charge in [0.05, 0.1) is 0 Å². The molecular formula is C22H47N. The van der Waals surface area contributed by atoms with E-state index in [0.29, 0.717) is 5.92 Å². The highest BCUT2D eigenvalue weighted by Crippen LogP contribution is 2.24. The SMILES string of the molecule is CCCCCCCCCCCCCCCCC(CC)C(C)(C)N. The Morgan fingerprint density at radius 2 is 0.957 bits per heavy atom. The van der Waals surface area contributed by atoms with Gasteiger partial charge in [-0.3, -0.25) is 0 Å². The zero-order chi connectivity index (χ0) is 17.4. The van der Waals surface area contributed by atoms with Gasteiger partial charge in [-0.25, -0.2) is 0 Å². The van der Waals surface area contributed by atoms with Crippen LogP contribution in [0.5, 0.6) is 0 Å². The van der Waals surface area contributed by atoms with E-state index in [0.717, 1.165) is 0 Å². The van der Waals surface area contributed by atoms with Crippen molar-refractivity contribution in [2.75, 3.05) is 0 Å². The van der Waals surface area contributed by atoms with E-state index in [1.54, 1.807) is 0 Å². The van der Waals surface area contributed by atoms with Crippen molar-refractivity contribution in [2.24, 2.45) is 11.7 Å². The van der Waals surface area contributed by atoms with Crippen molar-refractivity contribution in [1.29, 1.82) is 0 Å². The average Bonchev–Trinajstić information content (AvgIpc) is 2.50. The van der Waals surface area contributed by atoms with Gasteiger partial charge in [-0.2, -0.15) is 0 Å². The van der Waals surface area contributed by atoms with Gasteiger partial charge >= 0.3 is 0 Å². The van der Waals surface area contributed by atoms with Crippen LogP contribution in [0.3, 0.4) is 0 Å². The van der Waals surface area contributed by atoms with Crippen molar-refractivity contribution < 1.29 is 0 Å². The lowest BCUT2D eigenvalue weighted by Gasteiger charge is -2.29. The van der Waals surface area contributed by atoms with E-state index in [1.807, 2.05) is 0 Å². The monoisotopic (exact) mass is 325 g/mol. The molecule has 140 valence electrons. The summed E-state index contributed by atoms with van der Waals surface area (Å²) in [5.74, 6) is 0.694. The third-order valence-electron chi connectivity index (χ3n) is 5.45. The van der Waals surface area contributed by atoms with Gasteiger partial charge in [-0.1, -0.05) is 110 Å². The molecule has 0 aromatic rings. The van der Waals surface area contributed by atoms with E-state index < -0.39 is 0 Å². The molecular weight excluding hydrogens is 278 g/mol. The van der Waals surface area contributed by atoms with Gasteiger partial charge in [-0.15, -0.1) is 0 Å². The van der Waals surface area contributed by atoms with E-state index in [9.17, 15) is 0 Å². The van der Waals surface area contributed by atoms with Crippen LogP contribution in [0.2, 0.25) is 0 Å². The van der Waals surface area contributed by atoms with E-state index >= 15 is 0 Å². The molecule has 0 spiro atoms. The quantitative estimate of drug-likeness (QED) is 0.273. The van der Waals surface area contributed by atoms with E-state index in [-0.39, 0.29) is 5.54 Å². The first-order valence-electron chi connectivity index (χ1n) is 10.8. The summed E-state index contributed by atoms with van der Waals surface area (Å²) in [6.07, 6.45) is 22.7. The second-order valence-electron chi connectivity index (χ2n) is 8.31. The summed E-state index contributed by atoms with van der Waals surface area (Å²) in [6, 6.07) is 0. The molecule has 0 bridgehead atoms. The van der Waals surface area contributed by atoms with Crippen LogP contribution in [0.15, 0.2) is 0 Å². The molecule has 0 amide bonds.